The molecule has 1 aliphatic heterocycles. The van der Waals surface area contributed by atoms with Gasteiger partial charge >= 0.3 is 0 Å². The van der Waals surface area contributed by atoms with Crippen molar-refractivity contribution >= 4 is 11.5 Å². The summed E-state index contributed by atoms with van der Waals surface area (Å²) in [5.74, 6) is 0.659. The first-order valence-electron chi connectivity index (χ1n) is 11.9. The summed E-state index contributed by atoms with van der Waals surface area (Å²) in [5, 5.41) is 7.62. The lowest BCUT2D eigenvalue weighted by Gasteiger charge is -2.28. The molecule has 0 atom stereocenters. The summed E-state index contributed by atoms with van der Waals surface area (Å²) in [6, 6.07) is 7.69. The first kappa shape index (κ1) is 22.8. The van der Waals surface area contributed by atoms with E-state index in [1.807, 2.05) is 32.4 Å². The number of anilines is 2. The van der Waals surface area contributed by atoms with Gasteiger partial charge in [0.1, 0.15) is 11.6 Å². The molecule has 3 heterocycles. The highest BCUT2D eigenvalue weighted by molar-refractivity contribution is 5.78. The molecule has 1 N–H and O–H groups in total. The quantitative estimate of drug-likeness (QED) is 0.532. The van der Waals surface area contributed by atoms with Crippen molar-refractivity contribution in [2.45, 2.75) is 31.8 Å². The molecular formula is C26H32FN5O2. The Balaban J connectivity index is 1.49. The van der Waals surface area contributed by atoms with E-state index in [9.17, 15) is 4.39 Å². The highest BCUT2D eigenvalue weighted by atomic mass is 19.1. The van der Waals surface area contributed by atoms with E-state index in [1.54, 1.807) is 17.9 Å². The maximum Gasteiger partial charge on any atom is 0.146 e. The molecule has 2 aromatic heterocycles. The highest BCUT2D eigenvalue weighted by Gasteiger charge is 2.42. The predicted molar refractivity (Wildman–Crippen MR) is 132 cm³/mol. The van der Waals surface area contributed by atoms with Crippen LogP contribution in [0.3, 0.4) is 0 Å². The number of halogens is 1. The number of rotatable bonds is 8. The van der Waals surface area contributed by atoms with Gasteiger partial charge < -0.3 is 19.7 Å². The number of aromatic nitrogens is 3. The van der Waals surface area contributed by atoms with Crippen molar-refractivity contribution in [2.75, 3.05) is 50.2 Å². The second-order valence-corrected chi connectivity index (χ2v) is 9.31. The van der Waals surface area contributed by atoms with Crippen LogP contribution in [0, 0.1) is 12.7 Å². The third-order valence-corrected chi connectivity index (χ3v) is 6.91. The summed E-state index contributed by atoms with van der Waals surface area (Å²) >= 11 is 0. The van der Waals surface area contributed by atoms with Crippen LogP contribution in [0.2, 0.25) is 0 Å². The summed E-state index contributed by atoms with van der Waals surface area (Å²) in [7, 11) is 3.65. The van der Waals surface area contributed by atoms with Crippen molar-refractivity contribution in [1.29, 1.82) is 0 Å². The average Bonchev–Trinajstić information content (AvgIpc) is 3.50. The molecule has 0 radical (unpaired) electrons. The minimum absolute atomic E-state index is 0.0201. The molecular weight excluding hydrogens is 433 g/mol. The number of nitrogens with one attached hydrogen (secondary N) is 1. The number of benzene rings is 1. The minimum Gasteiger partial charge on any atom is -0.383 e. The lowest BCUT2D eigenvalue weighted by molar-refractivity contribution is 0.0759. The van der Waals surface area contributed by atoms with Gasteiger partial charge in [-0.15, -0.1) is 0 Å². The van der Waals surface area contributed by atoms with E-state index in [2.05, 4.69) is 27.4 Å². The summed E-state index contributed by atoms with van der Waals surface area (Å²) in [4.78, 5) is 7.18. The average molecular weight is 466 g/mol. The van der Waals surface area contributed by atoms with E-state index in [4.69, 9.17) is 14.5 Å². The van der Waals surface area contributed by atoms with Crippen molar-refractivity contribution in [1.82, 2.24) is 14.8 Å². The van der Waals surface area contributed by atoms with Crippen LogP contribution in [0.5, 0.6) is 0 Å². The van der Waals surface area contributed by atoms with Crippen molar-refractivity contribution in [3.8, 4) is 22.4 Å². The number of pyridine rings is 1. The molecule has 1 saturated heterocycles. The molecule has 0 spiro atoms. The van der Waals surface area contributed by atoms with E-state index in [-0.39, 0.29) is 11.4 Å². The predicted octanol–water partition coefficient (Wildman–Crippen LogP) is 4.41. The third-order valence-electron chi connectivity index (χ3n) is 6.91. The monoisotopic (exact) mass is 465 g/mol. The molecule has 5 rings (SSSR count). The molecule has 0 bridgehead atoms. The summed E-state index contributed by atoms with van der Waals surface area (Å²) in [6.45, 7) is 5.56. The Hall–Kier alpha value is -2.97. The molecule has 1 aliphatic carbocycles. The number of methoxy groups -OCH3 is 1. The zero-order valence-corrected chi connectivity index (χ0v) is 20.1. The molecule has 2 aliphatic rings. The van der Waals surface area contributed by atoms with Gasteiger partial charge in [0.25, 0.3) is 0 Å². The lowest BCUT2D eigenvalue weighted by Crippen LogP contribution is -2.36. The Morgan fingerprint density at radius 3 is 2.62 bits per heavy atom. The van der Waals surface area contributed by atoms with Gasteiger partial charge in [-0.05, 0) is 67.1 Å². The molecule has 0 amide bonds. The molecule has 1 aromatic carbocycles. The first-order valence-corrected chi connectivity index (χ1v) is 11.9. The fraction of sp³-hybridized carbons (Fsp3) is 0.462. The normalized spacial score (nSPS) is 17.1. The van der Waals surface area contributed by atoms with E-state index in [0.717, 1.165) is 66.1 Å². The van der Waals surface area contributed by atoms with Gasteiger partial charge in [-0.3, -0.25) is 4.68 Å². The Labute approximate surface area is 199 Å². The van der Waals surface area contributed by atoms with Crippen LogP contribution >= 0.6 is 0 Å². The Morgan fingerprint density at radius 2 is 1.94 bits per heavy atom. The SMILES string of the molecule is COC1(CCNc2cc(-c3cc(-c4cnn(C)c4)nc(N4CCOCC4)c3)c(C)cc2F)CC1. The number of hydrogen-bond donors (Lipinski definition) is 1. The summed E-state index contributed by atoms with van der Waals surface area (Å²) < 4.78 is 27.7. The second kappa shape index (κ2) is 9.35. The van der Waals surface area contributed by atoms with Crippen molar-refractivity contribution < 1.29 is 13.9 Å². The third kappa shape index (κ3) is 4.79. The lowest BCUT2D eigenvalue weighted by atomic mass is 9.98. The van der Waals surface area contributed by atoms with Crippen LogP contribution in [0.1, 0.15) is 24.8 Å². The molecule has 180 valence electrons. The molecule has 2 fully saturated rings. The van der Waals surface area contributed by atoms with Gasteiger partial charge in [0.2, 0.25) is 0 Å². The van der Waals surface area contributed by atoms with Crippen molar-refractivity contribution in [3.63, 3.8) is 0 Å². The Morgan fingerprint density at radius 1 is 1.15 bits per heavy atom. The first-order chi connectivity index (χ1) is 16.5. The largest absolute Gasteiger partial charge is 0.383 e. The van der Waals surface area contributed by atoms with Crippen LogP contribution in [-0.4, -0.2) is 60.3 Å². The zero-order valence-electron chi connectivity index (χ0n) is 20.1. The molecule has 1 saturated carbocycles. The zero-order chi connectivity index (χ0) is 23.7. The number of nitrogens with zero attached hydrogens (tertiary/aromatic N) is 4. The fourth-order valence-electron chi connectivity index (χ4n) is 4.57. The van der Waals surface area contributed by atoms with E-state index in [0.29, 0.717) is 25.4 Å². The second-order valence-electron chi connectivity index (χ2n) is 9.31. The molecule has 0 unspecified atom stereocenters. The van der Waals surface area contributed by atoms with E-state index in [1.165, 1.54) is 0 Å². The van der Waals surface area contributed by atoms with Crippen molar-refractivity contribution in [2.24, 2.45) is 7.05 Å². The summed E-state index contributed by atoms with van der Waals surface area (Å²) in [5.41, 5.74) is 5.17. The van der Waals surface area contributed by atoms with Gasteiger partial charge in [-0.2, -0.15) is 5.10 Å². The molecule has 34 heavy (non-hydrogen) atoms. The molecule has 3 aromatic rings. The summed E-state index contributed by atoms with van der Waals surface area (Å²) in [6.07, 6.45) is 6.80. The van der Waals surface area contributed by atoms with E-state index >= 15 is 0 Å². The van der Waals surface area contributed by atoms with Gasteiger partial charge in [0, 0.05) is 45.6 Å². The maximum atomic E-state index is 14.8. The molecule has 7 nitrogen and oxygen atoms in total. The van der Waals surface area contributed by atoms with Gasteiger partial charge in [-0.1, -0.05) is 0 Å². The smallest absolute Gasteiger partial charge is 0.146 e. The minimum atomic E-state index is -0.238. The van der Waals surface area contributed by atoms with E-state index < -0.39 is 0 Å². The van der Waals surface area contributed by atoms with Gasteiger partial charge in [0.15, 0.2) is 0 Å². The Kier molecular flexibility index (Phi) is 6.27. The van der Waals surface area contributed by atoms with Crippen LogP contribution in [0.4, 0.5) is 15.9 Å². The van der Waals surface area contributed by atoms with Crippen LogP contribution in [0.25, 0.3) is 22.4 Å². The van der Waals surface area contributed by atoms with Gasteiger partial charge in [0.05, 0.1) is 36.4 Å². The number of aryl methyl sites for hydroxylation is 2. The highest BCUT2D eigenvalue weighted by Crippen LogP contribution is 2.42. The standard InChI is InChI=1S/C26H32FN5O2/c1-18-12-22(27)24(28-7-6-26(33-3)4-5-26)15-21(18)19-13-23(20-16-29-31(2)17-20)30-25(14-19)32-8-10-34-11-9-32/h12-17,28H,4-11H2,1-3H3. The molecule has 8 heteroatoms. The Bertz CT molecular complexity index is 1170. The van der Waals surface area contributed by atoms with Crippen LogP contribution < -0.4 is 10.2 Å². The maximum absolute atomic E-state index is 14.8. The number of morpholine rings is 1. The topological polar surface area (TPSA) is 64.4 Å². The number of ether oxygens (including phenoxy) is 2. The van der Waals surface area contributed by atoms with Crippen molar-refractivity contribution in [3.05, 3.63) is 48.0 Å². The number of hydrogen-bond acceptors (Lipinski definition) is 6. The van der Waals surface area contributed by atoms with Crippen LogP contribution in [0.15, 0.2) is 36.7 Å². The van der Waals surface area contributed by atoms with Gasteiger partial charge in [-0.25, -0.2) is 9.37 Å². The van der Waals surface area contributed by atoms with Crippen LogP contribution in [-0.2, 0) is 16.5 Å². The fourth-order valence-corrected chi connectivity index (χ4v) is 4.57.